The van der Waals surface area contributed by atoms with Gasteiger partial charge in [0.1, 0.15) is 0 Å². The van der Waals surface area contributed by atoms with Gasteiger partial charge in [0, 0.05) is 6.04 Å². The molecule has 1 aromatic carbocycles. The van der Waals surface area contributed by atoms with Crippen molar-refractivity contribution in [1.82, 2.24) is 0 Å². The molecule has 4 N–H and O–H groups in total. The van der Waals surface area contributed by atoms with Crippen LogP contribution >= 0.6 is 0 Å². The maximum absolute atomic E-state index is 10.7. The van der Waals surface area contributed by atoms with Gasteiger partial charge in [-0.05, 0) is 30.5 Å². The number of carboxylic acids is 1. The molecule has 2 atom stereocenters. The number of carboxylic acid groups (broad SMARTS) is 1. The van der Waals surface area contributed by atoms with Crippen molar-refractivity contribution in [3.63, 3.8) is 0 Å². The van der Waals surface area contributed by atoms with Crippen LogP contribution in [0.1, 0.15) is 30.1 Å². The lowest BCUT2D eigenvalue weighted by molar-refractivity contribution is 0.0697. The summed E-state index contributed by atoms with van der Waals surface area (Å²) in [7, 11) is 0. The van der Waals surface area contributed by atoms with Crippen molar-refractivity contribution in [3.05, 3.63) is 23.8 Å². The zero-order chi connectivity index (χ0) is 11.7. The van der Waals surface area contributed by atoms with Crippen LogP contribution in [-0.4, -0.2) is 17.1 Å². The number of nitrogens with one attached hydrogen (secondary N) is 1. The summed E-state index contributed by atoms with van der Waals surface area (Å²) in [6.07, 6.45) is 2.35. The van der Waals surface area contributed by atoms with Gasteiger partial charge in [0.15, 0.2) is 0 Å². The Morgan fingerprint density at radius 1 is 1.62 bits per heavy atom. The average Bonchev–Trinajstić information content (AvgIpc) is 2.99. The normalized spacial score (nSPS) is 22.8. The van der Waals surface area contributed by atoms with Crippen molar-refractivity contribution in [3.8, 4) is 0 Å². The average molecular weight is 220 g/mol. The third-order valence-electron chi connectivity index (χ3n) is 3.09. The number of hydrogen-bond donors (Lipinski definition) is 3. The molecule has 0 spiro atoms. The minimum Gasteiger partial charge on any atom is -0.478 e. The first-order chi connectivity index (χ1) is 7.61. The van der Waals surface area contributed by atoms with Gasteiger partial charge in [0.2, 0.25) is 0 Å². The number of hydrogen-bond acceptors (Lipinski definition) is 3. The summed E-state index contributed by atoms with van der Waals surface area (Å²) in [4.78, 5) is 10.7. The molecule has 1 aliphatic rings. The van der Waals surface area contributed by atoms with E-state index in [2.05, 4.69) is 12.2 Å². The maximum atomic E-state index is 10.7. The van der Waals surface area contributed by atoms with Crippen molar-refractivity contribution in [1.29, 1.82) is 0 Å². The van der Waals surface area contributed by atoms with Crippen molar-refractivity contribution >= 4 is 17.3 Å². The number of benzene rings is 1. The molecule has 2 unspecified atom stereocenters. The number of carbonyl (C=O) groups is 1. The number of rotatable bonds is 4. The van der Waals surface area contributed by atoms with Crippen LogP contribution in [0.15, 0.2) is 18.2 Å². The summed E-state index contributed by atoms with van der Waals surface area (Å²) in [6, 6.07) is 5.31. The van der Waals surface area contributed by atoms with E-state index in [9.17, 15) is 4.79 Å². The predicted molar refractivity (Wildman–Crippen MR) is 63.6 cm³/mol. The molecule has 0 heterocycles. The Morgan fingerprint density at radius 3 is 2.88 bits per heavy atom. The van der Waals surface area contributed by atoms with E-state index < -0.39 is 5.97 Å². The number of nitrogens with two attached hydrogens (primary N) is 1. The third kappa shape index (κ3) is 2.10. The first kappa shape index (κ1) is 10.8. The SMILES string of the molecule is CCC1CC1Nc1ccc(C(=O)O)cc1N. The van der Waals surface area contributed by atoms with Gasteiger partial charge in [-0.15, -0.1) is 0 Å². The third-order valence-corrected chi connectivity index (χ3v) is 3.09. The minimum atomic E-state index is -0.948. The fourth-order valence-corrected chi connectivity index (χ4v) is 1.90. The van der Waals surface area contributed by atoms with E-state index >= 15 is 0 Å². The molecular formula is C12H16N2O2. The monoisotopic (exact) mass is 220 g/mol. The molecule has 0 aromatic heterocycles. The Balaban J connectivity index is 2.08. The van der Waals surface area contributed by atoms with Gasteiger partial charge in [-0.25, -0.2) is 4.79 Å². The van der Waals surface area contributed by atoms with E-state index in [0.717, 1.165) is 11.6 Å². The van der Waals surface area contributed by atoms with Crippen LogP contribution in [-0.2, 0) is 0 Å². The van der Waals surface area contributed by atoms with E-state index in [0.29, 0.717) is 11.7 Å². The quantitative estimate of drug-likeness (QED) is 0.680. The second-order valence-electron chi connectivity index (χ2n) is 4.26. The molecule has 1 aromatic rings. The fourth-order valence-electron chi connectivity index (χ4n) is 1.90. The first-order valence-electron chi connectivity index (χ1n) is 5.51. The first-order valence-corrected chi connectivity index (χ1v) is 5.51. The smallest absolute Gasteiger partial charge is 0.335 e. The molecule has 1 aliphatic carbocycles. The van der Waals surface area contributed by atoms with Crippen LogP contribution < -0.4 is 11.1 Å². The molecule has 0 amide bonds. The molecular weight excluding hydrogens is 204 g/mol. The Bertz CT molecular complexity index is 417. The van der Waals surface area contributed by atoms with Gasteiger partial charge in [-0.2, -0.15) is 0 Å². The summed E-state index contributed by atoms with van der Waals surface area (Å²) in [5, 5.41) is 12.1. The van der Waals surface area contributed by atoms with Crippen LogP contribution in [0.4, 0.5) is 11.4 Å². The highest BCUT2D eigenvalue weighted by Crippen LogP contribution is 2.37. The zero-order valence-electron chi connectivity index (χ0n) is 9.23. The van der Waals surface area contributed by atoms with Crippen LogP contribution in [0.2, 0.25) is 0 Å². The lowest BCUT2D eigenvalue weighted by Gasteiger charge is -2.09. The number of nitrogen functional groups attached to an aromatic ring is 1. The van der Waals surface area contributed by atoms with E-state index in [1.807, 2.05) is 0 Å². The highest BCUT2D eigenvalue weighted by Gasteiger charge is 2.35. The zero-order valence-corrected chi connectivity index (χ0v) is 9.23. The van der Waals surface area contributed by atoms with Crippen molar-refractivity contribution in [2.45, 2.75) is 25.8 Å². The molecule has 2 rings (SSSR count). The Hall–Kier alpha value is -1.71. The predicted octanol–water partition coefficient (Wildman–Crippen LogP) is 2.18. The van der Waals surface area contributed by atoms with Gasteiger partial charge in [0.05, 0.1) is 16.9 Å². The summed E-state index contributed by atoms with van der Waals surface area (Å²) >= 11 is 0. The highest BCUT2D eigenvalue weighted by molar-refractivity contribution is 5.90. The molecule has 1 fully saturated rings. The van der Waals surface area contributed by atoms with E-state index in [4.69, 9.17) is 10.8 Å². The van der Waals surface area contributed by atoms with Gasteiger partial charge in [-0.3, -0.25) is 0 Å². The van der Waals surface area contributed by atoms with Gasteiger partial charge in [-0.1, -0.05) is 13.3 Å². The van der Waals surface area contributed by atoms with Crippen molar-refractivity contribution in [2.75, 3.05) is 11.1 Å². The van der Waals surface area contributed by atoms with Gasteiger partial charge >= 0.3 is 5.97 Å². The van der Waals surface area contributed by atoms with Crippen LogP contribution in [0.5, 0.6) is 0 Å². The molecule has 0 saturated heterocycles. The van der Waals surface area contributed by atoms with Crippen LogP contribution in [0, 0.1) is 5.92 Å². The van der Waals surface area contributed by atoms with Crippen molar-refractivity contribution in [2.24, 2.45) is 5.92 Å². The van der Waals surface area contributed by atoms with Gasteiger partial charge in [0.25, 0.3) is 0 Å². The lowest BCUT2D eigenvalue weighted by atomic mass is 10.1. The van der Waals surface area contributed by atoms with Crippen LogP contribution in [0.3, 0.4) is 0 Å². The van der Waals surface area contributed by atoms with E-state index in [-0.39, 0.29) is 5.56 Å². The topological polar surface area (TPSA) is 75.3 Å². The summed E-state index contributed by atoms with van der Waals surface area (Å²) < 4.78 is 0. The molecule has 1 saturated carbocycles. The van der Waals surface area contributed by atoms with E-state index in [1.54, 1.807) is 12.1 Å². The Morgan fingerprint density at radius 2 is 2.38 bits per heavy atom. The van der Waals surface area contributed by atoms with E-state index in [1.165, 1.54) is 18.9 Å². The minimum absolute atomic E-state index is 0.228. The Kier molecular flexibility index (Phi) is 2.73. The molecule has 0 radical (unpaired) electrons. The largest absolute Gasteiger partial charge is 0.478 e. The molecule has 4 heteroatoms. The molecule has 0 bridgehead atoms. The standard InChI is InChI=1S/C12H16N2O2/c1-2-7-6-11(7)14-10-4-3-8(12(15)16)5-9(10)13/h3-5,7,11,14H,2,6,13H2,1H3,(H,15,16). The number of aromatic carboxylic acids is 1. The van der Waals surface area contributed by atoms with Crippen molar-refractivity contribution < 1.29 is 9.90 Å². The molecule has 4 nitrogen and oxygen atoms in total. The lowest BCUT2D eigenvalue weighted by Crippen LogP contribution is -2.07. The Labute approximate surface area is 94.5 Å². The number of anilines is 2. The second kappa shape index (κ2) is 4.04. The summed E-state index contributed by atoms with van der Waals surface area (Å²) in [5.41, 5.74) is 7.36. The fraction of sp³-hybridized carbons (Fsp3) is 0.417. The molecule has 86 valence electrons. The second-order valence-corrected chi connectivity index (χ2v) is 4.26. The highest BCUT2D eigenvalue weighted by atomic mass is 16.4. The summed E-state index contributed by atoms with van der Waals surface area (Å²) in [6.45, 7) is 2.17. The maximum Gasteiger partial charge on any atom is 0.335 e. The molecule has 16 heavy (non-hydrogen) atoms. The van der Waals surface area contributed by atoms with Gasteiger partial charge < -0.3 is 16.2 Å². The molecule has 0 aliphatic heterocycles. The van der Waals surface area contributed by atoms with Crippen LogP contribution in [0.25, 0.3) is 0 Å². The summed E-state index contributed by atoms with van der Waals surface area (Å²) in [5.74, 6) is -0.213.